The molecule has 2 atom stereocenters. The van der Waals surface area contributed by atoms with E-state index in [1.54, 1.807) is 7.11 Å². The molecule has 200 valence electrons. The van der Waals surface area contributed by atoms with Crippen LogP contribution in [-0.2, 0) is 27.1 Å². The highest BCUT2D eigenvalue weighted by Gasteiger charge is 2.39. The Morgan fingerprint density at radius 1 is 1.27 bits per heavy atom. The predicted octanol–water partition coefficient (Wildman–Crippen LogP) is 4.44. The van der Waals surface area contributed by atoms with Crippen molar-refractivity contribution in [3.63, 3.8) is 0 Å². The molecule has 8 heteroatoms. The number of carbonyl (C=O) groups excluding carboxylic acids is 1. The van der Waals surface area contributed by atoms with Crippen molar-refractivity contribution in [1.29, 1.82) is 0 Å². The number of nitrogens with one attached hydrogen (secondary N) is 1. The van der Waals surface area contributed by atoms with Crippen molar-refractivity contribution in [1.82, 2.24) is 14.9 Å². The van der Waals surface area contributed by atoms with Gasteiger partial charge in [-0.1, -0.05) is 6.07 Å². The number of nitrogens with zero attached hydrogens (tertiary/aromatic N) is 3. The van der Waals surface area contributed by atoms with Crippen LogP contribution in [0, 0.1) is 0 Å². The predicted molar refractivity (Wildman–Crippen MR) is 142 cm³/mol. The number of anilines is 1. The molecular formula is C29H40N4O4. The zero-order valence-corrected chi connectivity index (χ0v) is 22.2. The molecule has 4 heterocycles. The lowest BCUT2D eigenvalue weighted by Gasteiger charge is -2.27. The van der Waals surface area contributed by atoms with E-state index >= 15 is 0 Å². The van der Waals surface area contributed by atoms with Gasteiger partial charge in [-0.15, -0.1) is 0 Å². The van der Waals surface area contributed by atoms with Gasteiger partial charge in [-0.2, -0.15) is 0 Å². The zero-order valence-electron chi connectivity index (χ0n) is 22.2. The van der Waals surface area contributed by atoms with Crippen molar-refractivity contribution < 1.29 is 19.0 Å². The van der Waals surface area contributed by atoms with E-state index in [-0.39, 0.29) is 12.1 Å². The molecule has 0 spiro atoms. The van der Waals surface area contributed by atoms with Crippen LogP contribution in [0.15, 0.2) is 24.4 Å². The highest BCUT2D eigenvalue weighted by Crippen LogP contribution is 2.43. The lowest BCUT2D eigenvalue weighted by atomic mass is 10.0. The molecule has 5 rings (SSSR count). The van der Waals surface area contributed by atoms with Crippen LogP contribution in [0.4, 0.5) is 5.82 Å². The van der Waals surface area contributed by atoms with Gasteiger partial charge in [0.25, 0.3) is 0 Å². The minimum atomic E-state index is -0.406. The Labute approximate surface area is 220 Å². The van der Waals surface area contributed by atoms with Gasteiger partial charge in [0.1, 0.15) is 17.6 Å². The van der Waals surface area contributed by atoms with Crippen LogP contribution in [0.25, 0.3) is 0 Å². The second-order valence-corrected chi connectivity index (χ2v) is 10.3. The number of aromatic nitrogens is 2. The van der Waals surface area contributed by atoms with Crippen molar-refractivity contribution >= 4 is 11.8 Å². The fourth-order valence-corrected chi connectivity index (χ4v) is 5.60. The van der Waals surface area contributed by atoms with Gasteiger partial charge < -0.3 is 19.5 Å². The molecule has 8 nitrogen and oxygen atoms in total. The Hall–Kier alpha value is -2.71. The third kappa shape index (κ3) is 6.24. The normalized spacial score (nSPS) is 20.2. The first-order chi connectivity index (χ1) is 18.2. The molecule has 37 heavy (non-hydrogen) atoms. The van der Waals surface area contributed by atoms with Crippen LogP contribution in [-0.4, -0.2) is 66.9 Å². The quantitative estimate of drug-likeness (QED) is 0.333. The number of esters is 1. The number of hydrogen-bond acceptors (Lipinski definition) is 8. The molecule has 0 aromatic carbocycles. The molecule has 2 aliphatic heterocycles. The van der Waals surface area contributed by atoms with Crippen molar-refractivity contribution in [3.05, 3.63) is 46.9 Å². The van der Waals surface area contributed by atoms with Crippen LogP contribution in [0.3, 0.4) is 0 Å². The summed E-state index contributed by atoms with van der Waals surface area (Å²) in [5.41, 5.74) is 4.33. The Morgan fingerprint density at radius 2 is 2.16 bits per heavy atom. The Balaban J connectivity index is 1.12. The van der Waals surface area contributed by atoms with Crippen LogP contribution in [0.1, 0.15) is 79.9 Å². The van der Waals surface area contributed by atoms with Gasteiger partial charge >= 0.3 is 5.97 Å². The lowest BCUT2D eigenvalue weighted by Crippen LogP contribution is -2.35. The molecule has 1 saturated carbocycles. The molecule has 1 N–H and O–H groups in total. The van der Waals surface area contributed by atoms with E-state index in [2.05, 4.69) is 27.3 Å². The third-order valence-corrected chi connectivity index (χ3v) is 7.61. The maximum Gasteiger partial charge on any atom is 0.328 e. The Morgan fingerprint density at radius 3 is 2.97 bits per heavy atom. The maximum atomic E-state index is 13.1. The molecule has 2 aromatic rings. The molecule has 2 unspecified atom stereocenters. The molecule has 1 saturated heterocycles. The summed E-state index contributed by atoms with van der Waals surface area (Å²) in [6.07, 6.45) is 10.2. The van der Waals surface area contributed by atoms with Crippen LogP contribution < -0.4 is 10.1 Å². The molecule has 1 aliphatic carbocycles. The number of carbonyl (C=O) groups is 1. The summed E-state index contributed by atoms with van der Waals surface area (Å²) in [5.74, 6) is 2.23. The number of fused-ring (bicyclic) bond motifs is 1. The smallest absolute Gasteiger partial charge is 0.328 e. The van der Waals surface area contributed by atoms with Crippen LogP contribution in [0.2, 0.25) is 0 Å². The average molecular weight is 509 g/mol. The molecule has 0 amide bonds. The van der Waals surface area contributed by atoms with Crippen molar-refractivity contribution in [2.45, 2.75) is 76.4 Å². The van der Waals surface area contributed by atoms with Gasteiger partial charge in [0, 0.05) is 66.9 Å². The SMILES string of the molecule is CCOC(=O)C(c1cccnc1C1CC1)N1CCC(OCCCCc2cc(OC)c3c(n2)NCCC3)C1. The van der Waals surface area contributed by atoms with Crippen LogP contribution >= 0.6 is 0 Å². The van der Waals surface area contributed by atoms with Crippen molar-refractivity contribution in [2.75, 3.05) is 45.3 Å². The van der Waals surface area contributed by atoms with E-state index in [0.717, 1.165) is 99.5 Å². The van der Waals surface area contributed by atoms with Gasteiger partial charge in [0.2, 0.25) is 0 Å². The van der Waals surface area contributed by atoms with E-state index in [9.17, 15) is 4.79 Å². The summed E-state index contributed by atoms with van der Waals surface area (Å²) in [4.78, 5) is 24.7. The standard InChI is InChI=1S/C29H40N4O4/c1-3-36-29(34)27(24-10-7-14-30-26(24)20-11-12-20)33-16-13-22(19-33)37-17-5-4-8-21-18-25(35-2)23-9-6-15-31-28(23)32-21/h7,10,14,18,20,22,27H,3-6,8-9,11-13,15-17,19H2,1-2H3,(H,31,32). The van der Waals surface area contributed by atoms with Crippen molar-refractivity contribution in [3.8, 4) is 5.75 Å². The number of rotatable bonds is 12. The summed E-state index contributed by atoms with van der Waals surface area (Å²) in [5, 5.41) is 3.41. The average Bonchev–Trinajstić information content (AvgIpc) is 3.67. The number of pyridine rings is 2. The highest BCUT2D eigenvalue weighted by molar-refractivity contribution is 5.78. The summed E-state index contributed by atoms with van der Waals surface area (Å²) in [6.45, 7) is 5.48. The Kier molecular flexibility index (Phi) is 8.56. The minimum Gasteiger partial charge on any atom is -0.496 e. The zero-order chi connectivity index (χ0) is 25.6. The van der Waals surface area contributed by atoms with Gasteiger partial charge in [-0.3, -0.25) is 9.88 Å². The number of methoxy groups -OCH3 is 1. The van der Waals surface area contributed by atoms with Crippen LogP contribution in [0.5, 0.6) is 5.75 Å². The first-order valence-electron chi connectivity index (χ1n) is 14.0. The molecule has 2 fully saturated rings. The van der Waals surface area contributed by atoms with Gasteiger partial charge in [0.15, 0.2) is 0 Å². The number of unbranched alkanes of at least 4 members (excludes halogenated alkanes) is 1. The van der Waals surface area contributed by atoms with E-state index in [1.165, 1.54) is 5.56 Å². The molecule has 2 aromatic heterocycles. The van der Waals surface area contributed by atoms with Gasteiger partial charge in [-0.25, -0.2) is 9.78 Å². The molecule has 0 bridgehead atoms. The topological polar surface area (TPSA) is 85.8 Å². The first-order valence-corrected chi connectivity index (χ1v) is 14.0. The van der Waals surface area contributed by atoms with E-state index < -0.39 is 6.04 Å². The maximum absolute atomic E-state index is 13.1. The minimum absolute atomic E-state index is 0.129. The summed E-state index contributed by atoms with van der Waals surface area (Å²) < 4.78 is 17.4. The van der Waals surface area contributed by atoms with Crippen molar-refractivity contribution in [2.24, 2.45) is 0 Å². The molecule has 3 aliphatic rings. The highest BCUT2D eigenvalue weighted by atomic mass is 16.5. The Bertz CT molecular complexity index is 1060. The second kappa shape index (κ2) is 12.2. The summed E-state index contributed by atoms with van der Waals surface area (Å²) >= 11 is 0. The lowest BCUT2D eigenvalue weighted by molar-refractivity contribution is -0.149. The van der Waals surface area contributed by atoms with E-state index in [4.69, 9.17) is 19.2 Å². The number of aryl methyl sites for hydroxylation is 1. The monoisotopic (exact) mass is 508 g/mol. The fraction of sp³-hybridized carbons (Fsp3) is 0.621. The number of likely N-dealkylation sites (tertiary alicyclic amines) is 1. The number of ether oxygens (including phenoxy) is 3. The van der Waals surface area contributed by atoms with Gasteiger partial charge in [-0.05, 0) is 64.4 Å². The summed E-state index contributed by atoms with van der Waals surface area (Å²) in [7, 11) is 1.74. The second-order valence-electron chi connectivity index (χ2n) is 10.3. The fourth-order valence-electron chi connectivity index (χ4n) is 5.60. The third-order valence-electron chi connectivity index (χ3n) is 7.61. The molecular weight excluding hydrogens is 468 g/mol. The number of hydrogen-bond donors (Lipinski definition) is 1. The molecule has 0 radical (unpaired) electrons. The first kappa shape index (κ1) is 25.9. The van der Waals surface area contributed by atoms with Gasteiger partial charge in [0.05, 0.1) is 19.8 Å². The van der Waals surface area contributed by atoms with E-state index in [1.807, 2.05) is 19.2 Å². The largest absolute Gasteiger partial charge is 0.496 e. The van der Waals surface area contributed by atoms with E-state index in [0.29, 0.717) is 19.1 Å². The summed E-state index contributed by atoms with van der Waals surface area (Å²) in [6, 6.07) is 5.67.